The van der Waals surface area contributed by atoms with Crippen molar-refractivity contribution >= 4 is 11.6 Å². The fourth-order valence-electron chi connectivity index (χ4n) is 3.11. The van der Waals surface area contributed by atoms with E-state index in [9.17, 15) is 9.18 Å². The second-order valence-electron chi connectivity index (χ2n) is 6.50. The first-order valence-corrected chi connectivity index (χ1v) is 8.83. The van der Waals surface area contributed by atoms with Crippen LogP contribution >= 0.6 is 0 Å². The molecule has 2 heterocycles. The fraction of sp³-hybridized carbons (Fsp3) is 0.190. The van der Waals surface area contributed by atoms with Gasteiger partial charge in [0.15, 0.2) is 5.69 Å². The normalized spacial score (nSPS) is 12.9. The lowest BCUT2D eigenvalue weighted by molar-refractivity contribution is 0.0705. The standard InChI is InChI=1S/C21H17FN4O2/c1-23-18-7-5-15(6-8-18)14-28-20-12-19-13-25(9-10-26(19)24-20)21(27)16-3-2-4-17(22)11-16/h2-8,11-12H,9-10,13-14H2. The Kier molecular flexibility index (Phi) is 4.77. The van der Waals surface area contributed by atoms with Gasteiger partial charge in [0.05, 0.1) is 25.4 Å². The number of ether oxygens (including phenoxy) is 1. The monoisotopic (exact) mass is 376 g/mol. The van der Waals surface area contributed by atoms with Gasteiger partial charge in [-0.05, 0) is 23.8 Å². The van der Waals surface area contributed by atoms with E-state index in [2.05, 4.69) is 9.94 Å². The third-order valence-corrected chi connectivity index (χ3v) is 4.59. The molecule has 0 bridgehead atoms. The fourth-order valence-corrected chi connectivity index (χ4v) is 3.11. The van der Waals surface area contributed by atoms with Gasteiger partial charge < -0.3 is 9.64 Å². The quantitative estimate of drug-likeness (QED) is 0.651. The summed E-state index contributed by atoms with van der Waals surface area (Å²) < 4.78 is 21.0. The number of nitrogens with zero attached hydrogens (tertiary/aromatic N) is 4. The molecule has 6 nitrogen and oxygen atoms in total. The molecular weight excluding hydrogens is 359 g/mol. The van der Waals surface area contributed by atoms with Gasteiger partial charge in [-0.15, -0.1) is 5.10 Å². The summed E-state index contributed by atoms with van der Waals surface area (Å²) in [5.41, 5.74) is 2.74. The maximum Gasteiger partial charge on any atom is 0.254 e. The van der Waals surface area contributed by atoms with E-state index in [1.807, 2.05) is 22.9 Å². The molecule has 0 unspecified atom stereocenters. The molecule has 0 N–H and O–H groups in total. The van der Waals surface area contributed by atoms with Crippen LogP contribution in [0.25, 0.3) is 4.85 Å². The molecule has 1 amide bonds. The highest BCUT2D eigenvalue weighted by Crippen LogP contribution is 2.21. The lowest BCUT2D eigenvalue weighted by Crippen LogP contribution is -2.38. The summed E-state index contributed by atoms with van der Waals surface area (Å²) in [4.78, 5) is 17.7. The summed E-state index contributed by atoms with van der Waals surface area (Å²) in [5, 5.41) is 4.43. The van der Waals surface area contributed by atoms with Gasteiger partial charge >= 0.3 is 0 Å². The Morgan fingerprint density at radius 2 is 2.00 bits per heavy atom. The minimum absolute atomic E-state index is 0.200. The Balaban J connectivity index is 1.41. The maximum atomic E-state index is 13.4. The number of amides is 1. The Bertz CT molecular complexity index is 1050. The van der Waals surface area contributed by atoms with Gasteiger partial charge in [0.25, 0.3) is 5.91 Å². The third-order valence-electron chi connectivity index (χ3n) is 4.59. The van der Waals surface area contributed by atoms with E-state index >= 15 is 0 Å². The molecule has 1 aliphatic heterocycles. The lowest BCUT2D eigenvalue weighted by Gasteiger charge is -2.27. The Labute approximate surface area is 161 Å². The van der Waals surface area contributed by atoms with Crippen molar-refractivity contribution in [1.29, 1.82) is 0 Å². The van der Waals surface area contributed by atoms with E-state index in [1.54, 1.807) is 23.1 Å². The van der Waals surface area contributed by atoms with E-state index in [0.717, 1.165) is 11.3 Å². The average Bonchev–Trinajstić information content (AvgIpc) is 3.14. The van der Waals surface area contributed by atoms with Crippen molar-refractivity contribution in [2.75, 3.05) is 6.54 Å². The van der Waals surface area contributed by atoms with E-state index in [-0.39, 0.29) is 5.91 Å². The molecule has 1 aromatic heterocycles. The number of aromatic nitrogens is 2. The van der Waals surface area contributed by atoms with Crippen LogP contribution in [0, 0.1) is 12.4 Å². The summed E-state index contributed by atoms with van der Waals surface area (Å²) in [6.45, 7) is 8.77. The number of hydrogen-bond acceptors (Lipinski definition) is 3. The van der Waals surface area contributed by atoms with Crippen LogP contribution in [0.2, 0.25) is 0 Å². The molecule has 0 radical (unpaired) electrons. The van der Waals surface area contributed by atoms with Crippen molar-refractivity contribution in [1.82, 2.24) is 14.7 Å². The number of benzene rings is 2. The van der Waals surface area contributed by atoms with Crippen molar-refractivity contribution < 1.29 is 13.9 Å². The molecular formula is C21H17FN4O2. The summed E-state index contributed by atoms with van der Waals surface area (Å²) in [5.74, 6) is -0.133. The van der Waals surface area contributed by atoms with Crippen LogP contribution in [0.4, 0.5) is 10.1 Å². The van der Waals surface area contributed by atoms with Crippen molar-refractivity contribution in [3.8, 4) is 5.88 Å². The molecule has 0 saturated heterocycles. The largest absolute Gasteiger partial charge is 0.472 e. The minimum Gasteiger partial charge on any atom is -0.472 e. The summed E-state index contributed by atoms with van der Waals surface area (Å²) >= 11 is 0. The molecule has 0 fully saturated rings. The second-order valence-corrected chi connectivity index (χ2v) is 6.50. The molecule has 3 aromatic rings. The van der Waals surface area contributed by atoms with Crippen LogP contribution in [0.3, 0.4) is 0 Å². The number of rotatable bonds is 4. The highest BCUT2D eigenvalue weighted by atomic mass is 19.1. The van der Waals surface area contributed by atoms with Crippen molar-refractivity contribution in [3.05, 3.63) is 88.7 Å². The van der Waals surface area contributed by atoms with Crippen molar-refractivity contribution in [3.63, 3.8) is 0 Å². The zero-order valence-corrected chi connectivity index (χ0v) is 15.0. The molecule has 0 atom stereocenters. The number of halogens is 1. The predicted octanol–water partition coefficient (Wildman–Crippen LogP) is 3.81. The van der Waals surface area contributed by atoms with E-state index in [4.69, 9.17) is 11.3 Å². The van der Waals surface area contributed by atoms with E-state index in [1.165, 1.54) is 18.2 Å². The molecule has 140 valence electrons. The van der Waals surface area contributed by atoms with Crippen LogP contribution < -0.4 is 4.74 Å². The Morgan fingerprint density at radius 3 is 2.75 bits per heavy atom. The predicted molar refractivity (Wildman–Crippen MR) is 100 cm³/mol. The highest BCUT2D eigenvalue weighted by molar-refractivity contribution is 5.94. The van der Waals surface area contributed by atoms with Gasteiger partial charge in [0.2, 0.25) is 5.88 Å². The number of carbonyl (C=O) groups is 1. The van der Waals surface area contributed by atoms with Gasteiger partial charge in [0, 0.05) is 18.2 Å². The zero-order chi connectivity index (χ0) is 19.5. The van der Waals surface area contributed by atoms with Gasteiger partial charge in [-0.3, -0.25) is 9.48 Å². The van der Waals surface area contributed by atoms with E-state index < -0.39 is 5.82 Å². The smallest absolute Gasteiger partial charge is 0.254 e. The summed E-state index contributed by atoms with van der Waals surface area (Å²) in [6, 6.07) is 14.7. The average molecular weight is 376 g/mol. The first-order valence-electron chi connectivity index (χ1n) is 8.83. The molecule has 7 heteroatoms. The molecule has 0 spiro atoms. The van der Waals surface area contributed by atoms with Crippen LogP contribution in [0.5, 0.6) is 5.88 Å². The van der Waals surface area contributed by atoms with Gasteiger partial charge in [-0.2, -0.15) is 0 Å². The van der Waals surface area contributed by atoms with Gasteiger partial charge in [-0.1, -0.05) is 30.3 Å². The second kappa shape index (κ2) is 7.53. The Morgan fingerprint density at radius 1 is 1.18 bits per heavy atom. The minimum atomic E-state index is -0.423. The van der Waals surface area contributed by atoms with Crippen LogP contribution in [0.1, 0.15) is 21.6 Å². The maximum absolute atomic E-state index is 13.4. The Hall–Kier alpha value is -3.66. The van der Waals surface area contributed by atoms with Crippen molar-refractivity contribution in [2.45, 2.75) is 19.7 Å². The van der Waals surface area contributed by atoms with E-state index in [0.29, 0.717) is 43.4 Å². The van der Waals surface area contributed by atoms with Crippen molar-refractivity contribution in [2.24, 2.45) is 0 Å². The molecule has 4 rings (SSSR count). The topological polar surface area (TPSA) is 51.7 Å². The summed E-state index contributed by atoms with van der Waals surface area (Å²) in [7, 11) is 0. The van der Waals surface area contributed by atoms with Gasteiger partial charge in [-0.25, -0.2) is 9.24 Å². The molecule has 28 heavy (non-hydrogen) atoms. The first kappa shape index (κ1) is 17.7. The molecule has 1 aliphatic rings. The lowest BCUT2D eigenvalue weighted by atomic mass is 10.1. The van der Waals surface area contributed by atoms with Crippen LogP contribution in [-0.2, 0) is 19.7 Å². The summed E-state index contributed by atoms with van der Waals surface area (Å²) in [6.07, 6.45) is 0. The number of hydrogen-bond donors (Lipinski definition) is 0. The van der Waals surface area contributed by atoms with Crippen LogP contribution in [-0.4, -0.2) is 27.1 Å². The SMILES string of the molecule is [C-]#[N+]c1ccc(COc2cc3n(n2)CCN(C(=O)c2cccc(F)c2)C3)cc1. The zero-order valence-electron chi connectivity index (χ0n) is 15.0. The molecule has 0 saturated carbocycles. The number of fused-ring (bicyclic) bond motifs is 1. The first-order chi connectivity index (χ1) is 13.6. The van der Waals surface area contributed by atoms with Gasteiger partial charge in [0.1, 0.15) is 12.4 Å². The third kappa shape index (κ3) is 3.71. The number of carbonyl (C=O) groups excluding carboxylic acids is 1. The highest BCUT2D eigenvalue weighted by Gasteiger charge is 2.24. The van der Waals surface area contributed by atoms with Crippen LogP contribution in [0.15, 0.2) is 54.6 Å². The molecule has 0 aliphatic carbocycles. The molecule has 2 aromatic carbocycles.